The minimum atomic E-state index is -3.61. The van der Waals surface area contributed by atoms with E-state index in [0.29, 0.717) is 16.5 Å². The molecule has 0 saturated heterocycles. The summed E-state index contributed by atoms with van der Waals surface area (Å²) >= 11 is 0. The standard InChI is InChI=1S/C16H17N3O4S/c1-19-9-17-14-15(19)12-8-11(6-7-13(12)23-16(14)20)24(21,22)18-10-4-2-3-5-10/h6-10,18H,2-5H2,1H3. The number of aromatic nitrogens is 2. The predicted octanol–water partition coefficient (Wildman–Crippen LogP) is 1.90. The van der Waals surface area contributed by atoms with Gasteiger partial charge in [0.15, 0.2) is 5.52 Å². The molecule has 2 heterocycles. The van der Waals surface area contributed by atoms with Crippen molar-refractivity contribution >= 4 is 32.0 Å². The molecule has 1 aliphatic carbocycles. The van der Waals surface area contributed by atoms with Crippen LogP contribution in [-0.4, -0.2) is 24.0 Å². The normalized spacial score (nSPS) is 16.4. The van der Waals surface area contributed by atoms with Gasteiger partial charge >= 0.3 is 5.63 Å². The lowest BCUT2D eigenvalue weighted by atomic mass is 10.2. The van der Waals surface area contributed by atoms with Crippen LogP contribution in [0.5, 0.6) is 0 Å². The summed E-state index contributed by atoms with van der Waals surface area (Å²) in [5.74, 6) is 0. The number of aryl methyl sites for hydroxylation is 1. The van der Waals surface area contributed by atoms with Gasteiger partial charge in [-0.1, -0.05) is 12.8 Å². The molecule has 0 bridgehead atoms. The molecule has 1 saturated carbocycles. The van der Waals surface area contributed by atoms with Gasteiger partial charge in [-0.15, -0.1) is 0 Å². The minimum absolute atomic E-state index is 0.00359. The molecule has 2 aromatic heterocycles. The van der Waals surface area contributed by atoms with Crippen LogP contribution in [0.1, 0.15) is 25.7 Å². The Labute approximate surface area is 138 Å². The van der Waals surface area contributed by atoms with Gasteiger partial charge in [0.2, 0.25) is 10.0 Å². The molecule has 0 atom stereocenters. The van der Waals surface area contributed by atoms with Gasteiger partial charge in [-0.2, -0.15) is 0 Å². The average Bonchev–Trinajstić information content (AvgIpc) is 3.17. The Hall–Kier alpha value is -2.19. The number of benzene rings is 1. The van der Waals surface area contributed by atoms with Crippen molar-refractivity contribution in [3.63, 3.8) is 0 Å². The number of hydrogen-bond acceptors (Lipinski definition) is 5. The van der Waals surface area contributed by atoms with E-state index in [1.54, 1.807) is 17.7 Å². The van der Waals surface area contributed by atoms with Gasteiger partial charge in [0.25, 0.3) is 0 Å². The molecule has 3 aromatic rings. The lowest BCUT2D eigenvalue weighted by Crippen LogP contribution is -2.32. The molecule has 0 aliphatic heterocycles. The van der Waals surface area contributed by atoms with E-state index in [4.69, 9.17) is 4.42 Å². The summed E-state index contributed by atoms with van der Waals surface area (Å²) in [4.78, 5) is 16.1. The van der Waals surface area contributed by atoms with Crippen molar-refractivity contribution < 1.29 is 12.8 Å². The van der Waals surface area contributed by atoms with Crippen LogP contribution in [-0.2, 0) is 17.1 Å². The first-order chi connectivity index (χ1) is 11.5. The van der Waals surface area contributed by atoms with Crippen LogP contribution in [0.15, 0.2) is 38.6 Å². The fraction of sp³-hybridized carbons (Fsp3) is 0.375. The third kappa shape index (κ3) is 2.42. The third-order valence-corrected chi connectivity index (χ3v) is 6.04. The molecule has 0 amide bonds. The Kier molecular flexibility index (Phi) is 3.47. The fourth-order valence-corrected chi connectivity index (χ4v) is 4.66. The van der Waals surface area contributed by atoms with Crippen LogP contribution < -0.4 is 10.3 Å². The van der Waals surface area contributed by atoms with E-state index in [-0.39, 0.29) is 16.5 Å². The van der Waals surface area contributed by atoms with Gasteiger partial charge < -0.3 is 8.98 Å². The maximum Gasteiger partial charge on any atom is 0.364 e. The van der Waals surface area contributed by atoms with Gasteiger partial charge in [0.1, 0.15) is 5.58 Å². The highest BCUT2D eigenvalue weighted by molar-refractivity contribution is 7.89. The zero-order valence-corrected chi connectivity index (χ0v) is 14.0. The van der Waals surface area contributed by atoms with E-state index >= 15 is 0 Å². The van der Waals surface area contributed by atoms with Crippen molar-refractivity contribution in [3.8, 4) is 0 Å². The second-order valence-electron chi connectivity index (χ2n) is 6.20. The Morgan fingerprint density at radius 3 is 2.79 bits per heavy atom. The highest BCUT2D eigenvalue weighted by Crippen LogP contribution is 2.26. The smallest absolute Gasteiger partial charge is 0.364 e. The molecule has 1 aliphatic rings. The molecule has 8 heteroatoms. The number of hydrogen-bond donors (Lipinski definition) is 1. The van der Waals surface area contributed by atoms with Crippen molar-refractivity contribution in [3.05, 3.63) is 34.9 Å². The van der Waals surface area contributed by atoms with Gasteiger partial charge in [-0.3, -0.25) is 0 Å². The average molecular weight is 347 g/mol. The summed E-state index contributed by atoms with van der Waals surface area (Å²) in [6, 6.07) is 4.52. The second-order valence-corrected chi connectivity index (χ2v) is 7.92. The largest absolute Gasteiger partial charge is 0.421 e. The van der Waals surface area contributed by atoms with Crippen molar-refractivity contribution in [1.29, 1.82) is 0 Å². The molecule has 1 aromatic carbocycles. The van der Waals surface area contributed by atoms with Crippen molar-refractivity contribution in [1.82, 2.24) is 14.3 Å². The number of sulfonamides is 1. The zero-order chi connectivity index (χ0) is 16.9. The molecule has 7 nitrogen and oxygen atoms in total. The lowest BCUT2D eigenvalue weighted by Gasteiger charge is -2.13. The molecular formula is C16H17N3O4S. The number of fused-ring (bicyclic) bond motifs is 3. The molecule has 126 valence electrons. The van der Waals surface area contributed by atoms with E-state index in [1.807, 2.05) is 0 Å². The summed E-state index contributed by atoms with van der Waals surface area (Å²) in [6.45, 7) is 0. The summed E-state index contributed by atoms with van der Waals surface area (Å²) in [7, 11) is -1.85. The van der Waals surface area contributed by atoms with Gasteiger partial charge in [-0.25, -0.2) is 22.9 Å². The van der Waals surface area contributed by atoms with Crippen molar-refractivity contribution in [2.75, 3.05) is 0 Å². The predicted molar refractivity (Wildman–Crippen MR) is 89.3 cm³/mol. The summed E-state index contributed by atoms with van der Waals surface area (Å²) in [5, 5.41) is 0.555. The van der Waals surface area contributed by atoms with Crippen LogP contribution in [0.25, 0.3) is 22.0 Å². The molecule has 0 spiro atoms. The fourth-order valence-electron chi connectivity index (χ4n) is 3.33. The van der Waals surface area contributed by atoms with Gasteiger partial charge in [0, 0.05) is 18.5 Å². The van der Waals surface area contributed by atoms with Crippen LogP contribution in [0.4, 0.5) is 0 Å². The van der Waals surface area contributed by atoms with Gasteiger partial charge in [0.05, 0.1) is 16.7 Å². The Morgan fingerprint density at radius 2 is 2.04 bits per heavy atom. The first kappa shape index (κ1) is 15.3. The number of nitrogens with one attached hydrogen (secondary N) is 1. The summed E-state index contributed by atoms with van der Waals surface area (Å²) in [6.07, 6.45) is 5.34. The first-order valence-electron chi connectivity index (χ1n) is 7.86. The number of nitrogens with zero attached hydrogens (tertiary/aromatic N) is 2. The van der Waals surface area contributed by atoms with Crippen molar-refractivity contribution in [2.24, 2.45) is 7.05 Å². The summed E-state index contributed by atoms with van der Waals surface area (Å²) in [5.41, 5.74) is 0.580. The molecular weight excluding hydrogens is 330 g/mol. The van der Waals surface area contributed by atoms with E-state index in [0.717, 1.165) is 25.7 Å². The van der Waals surface area contributed by atoms with Crippen LogP contribution >= 0.6 is 0 Å². The molecule has 1 N–H and O–H groups in total. The number of imidazole rings is 1. The van der Waals surface area contributed by atoms with Crippen LogP contribution in [0.2, 0.25) is 0 Å². The minimum Gasteiger partial charge on any atom is -0.421 e. The second kappa shape index (κ2) is 5.42. The van der Waals surface area contributed by atoms with E-state index in [9.17, 15) is 13.2 Å². The molecule has 0 radical (unpaired) electrons. The highest BCUT2D eigenvalue weighted by Gasteiger charge is 2.24. The Balaban J connectivity index is 1.88. The topological polar surface area (TPSA) is 94.2 Å². The maximum absolute atomic E-state index is 12.6. The van der Waals surface area contributed by atoms with E-state index < -0.39 is 15.6 Å². The van der Waals surface area contributed by atoms with Crippen LogP contribution in [0, 0.1) is 0 Å². The van der Waals surface area contributed by atoms with E-state index in [2.05, 4.69) is 9.71 Å². The first-order valence-corrected chi connectivity index (χ1v) is 9.34. The highest BCUT2D eigenvalue weighted by atomic mass is 32.2. The maximum atomic E-state index is 12.6. The van der Waals surface area contributed by atoms with Gasteiger partial charge in [-0.05, 0) is 31.0 Å². The molecule has 4 rings (SSSR count). The summed E-state index contributed by atoms with van der Waals surface area (Å²) < 4.78 is 35.0. The molecule has 1 fully saturated rings. The molecule has 24 heavy (non-hydrogen) atoms. The third-order valence-electron chi connectivity index (χ3n) is 4.53. The lowest BCUT2D eigenvalue weighted by molar-refractivity contribution is 0.552. The zero-order valence-electron chi connectivity index (χ0n) is 13.2. The Morgan fingerprint density at radius 1 is 1.29 bits per heavy atom. The van der Waals surface area contributed by atoms with E-state index in [1.165, 1.54) is 18.5 Å². The molecule has 0 unspecified atom stereocenters. The van der Waals surface area contributed by atoms with Crippen LogP contribution in [0.3, 0.4) is 0 Å². The SMILES string of the molecule is Cn1cnc2c(=O)oc3ccc(S(=O)(=O)NC4CCCC4)cc3c21. The quantitative estimate of drug-likeness (QED) is 0.730. The monoisotopic (exact) mass is 347 g/mol. The van der Waals surface area contributed by atoms with Crippen molar-refractivity contribution in [2.45, 2.75) is 36.6 Å². The Bertz CT molecular complexity index is 1090. The number of rotatable bonds is 3.